The average molecular weight is 214 g/mol. The molecular formula is C12H14N4. The van der Waals surface area contributed by atoms with Gasteiger partial charge in [0.25, 0.3) is 0 Å². The van der Waals surface area contributed by atoms with Crippen LogP contribution in [-0.4, -0.2) is 17.0 Å². The lowest BCUT2D eigenvalue weighted by Crippen LogP contribution is -2.20. The zero-order chi connectivity index (χ0) is 11.4. The topological polar surface area (TPSA) is 63.8 Å². The lowest BCUT2D eigenvalue weighted by atomic mass is 10.0. The van der Waals surface area contributed by atoms with Gasteiger partial charge >= 0.3 is 0 Å². The van der Waals surface area contributed by atoms with Gasteiger partial charge in [-0.2, -0.15) is 0 Å². The molecule has 0 radical (unpaired) electrons. The summed E-state index contributed by atoms with van der Waals surface area (Å²) >= 11 is 0. The number of hydrogen-bond acceptors (Lipinski definition) is 4. The van der Waals surface area contributed by atoms with E-state index >= 15 is 0 Å². The molecule has 2 aromatic heterocycles. The number of anilines is 1. The van der Waals surface area contributed by atoms with Crippen LogP contribution in [0.4, 0.5) is 5.82 Å². The number of nitrogen functional groups attached to an aromatic ring is 1. The first-order chi connectivity index (χ1) is 7.83. The van der Waals surface area contributed by atoms with Gasteiger partial charge in [0.2, 0.25) is 0 Å². The van der Waals surface area contributed by atoms with Crippen molar-refractivity contribution >= 4 is 5.82 Å². The molecule has 4 heteroatoms. The molecule has 82 valence electrons. The van der Waals surface area contributed by atoms with Crippen molar-refractivity contribution in [3.05, 3.63) is 54.0 Å². The van der Waals surface area contributed by atoms with Crippen LogP contribution >= 0.6 is 0 Å². The summed E-state index contributed by atoms with van der Waals surface area (Å²) in [5.41, 5.74) is 7.74. The second kappa shape index (κ2) is 4.72. The van der Waals surface area contributed by atoms with Crippen molar-refractivity contribution in [1.82, 2.24) is 15.3 Å². The molecule has 1 unspecified atom stereocenters. The van der Waals surface area contributed by atoms with E-state index in [2.05, 4.69) is 15.3 Å². The zero-order valence-corrected chi connectivity index (χ0v) is 9.09. The van der Waals surface area contributed by atoms with Crippen LogP contribution in [0.5, 0.6) is 0 Å². The second-order valence-electron chi connectivity index (χ2n) is 3.45. The molecule has 2 aromatic rings. The third kappa shape index (κ3) is 2.01. The molecule has 0 amide bonds. The molecule has 0 fully saturated rings. The third-order valence-electron chi connectivity index (χ3n) is 2.45. The molecular weight excluding hydrogens is 200 g/mol. The summed E-state index contributed by atoms with van der Waals surface area (Å²) in [6.45, 7) is 0. The van der Waals surface area contributed by atoms with Crippen LogP contribution in [0.15, 0.2) is 42.7 Å². The number of hydrogen-bond donors (Lipinski definition) is 2. The number of nitrogens with one attached hydrogen (secondary N) is 1. The molecule has 16 heavy (non-hydrogen) atoms. The highest BCUT2D eigenvalue weighted by molar-refractivity contribution is 5.44. The van der Waals surface area contributed by atoms with E-state index in [-0.39, 0.29) is 6.04 Å². The lowest BCUT2D eigenvalue weighted by Gasteiger charge is -2.16. The molecule has 2 rings (SSSR count). The van der Waals surface area contributed by atoms with Gasteiger partial charge in [-0.1, -0.05) is 12.1 Å². The lowest BCUT2D eigenvalue weighted by molar-refractivity contribution is 0.670. The minimum absolute atomic E-state index is 0.0186. The summed E-state index contributed by atoms with van der Waals surface area (Å²) in [6.07, 6.45) is 3.45. The van der Waals surface area contributed by atoms with Crippen LogP contribution < -0.4 is 11.1 Å². The predicted octanol–water partition coefficient (Wildman–Crippen LogP) is 1.37. The Labute approximate surface area is 94.5 Å². The first-order valence-corrected chi connectivity index (χ1v) is 5.11. The fraction of sp³-hybridized carbons (Fsp3) is 0.167. The molecule has 2 heterocycles. The van der Waals surface area contributed by atoms with Gasteiger partial charge in [0.15, 0.2) is 0 Å². The minimum Gasteiger partial charge on any atom is -0.383 e. The number of pyridine rings is 2. The molecule has 3 N–H and O–H groups in total. The number of aromatic nitrogens is 2. The van der Waals surface area contributed by atoms with E-state index in [1.165, 1.54) is 0 Å². The standard InChI is InChI=1S/C12H14N4/c1-14-11(10-6-2-3-7-15-10)9-5-4-8-16-12(9)13/h2-8,11,14H,1H3,(H2,13,16). The van der Waals surface area contributed by atoms with Crippen molar-refractivity contribution in [2.75, 3.05) is 12.8 Å². The molecule has 0 aliphatic carbocycles. The van der Waals surface area contributed by atoms with Crippen molar-refractivity contribution in [2.24, 2.45) is 0 Å². The largest absolute Gasteiger partial charge is 0.383 e. The predicted molar refractivity (Wildman–Crippen MR) is 63.8 cm³/mol. The maximum atomic E-state index is 5.86. The van der Waals surface area contributed by atoms with E-state index in [1.807, 2.05) is 37.4 Å². The molecule has 0 aromatic carbocycles. The molecule has 0 aliphatic rings. The van der Waals surface area contributed by atoms with Crippen LogP contribution in [0.1, 0.15) is 17.3 Å². The van der Waals surface area contributed by atoms with Gasteiger partial charge in [0.1, 0.15) is 5.82 Å². The van der Waals surface area contributed by atoms with E-state index in [1.54, 1.807) is 12.4 Å². The van der Waals surface area contributed by atoms with Crippen LogP contribution in [0.25, 0.3) is 0 Å². The van der Waals surface area contributed by atoms with E-state index in [0.717, 1.165) is 11.3 Å². The first kappa shape index (κ1) is 10.6. The summed E-state index contributed by atoms with van der Waals surface area (Å²) < 4.78 is 0. The Bertz CT molecular complexity index is 456. The van der Waals surface area contributed by atoms with Gasteiger partial charge in [-0.15, -0.1) is 0 Å². The van der Waals surface area contributed by atoms with Gasteiger partial charge in [-0.05, 0) is 25.2 Å². The summed E-state index contributed by atoms with van der Waals surface area (Å²) in [4.78, 5) is 8.41. The highest BCUT2D eigenvalue weighted by Crippen LogP contribution is 2.22. The molecule has 0 spiro atoms. The van der Waals surface area contributed by atoms with E-state index in [0.29, 0.717) is 5.82 Å². The highest BCUT2D eigenvalue weighted by Gasteiger charge is 2.15. The van der Waals surface area contributed by atoms with E-state index in [9.17, 15) is 0 Å². The smallest absolute Gasteiger partial charge is 0.128 e. The number of rotatable bonds is 3. The van der Waals surface area contributed by atoms with Crippen molar-refractivity contribution in [2.45, 2.75) is 6.04 Å². The summed E-state index contributed by atoms with van der Waals surface area (Å²) in [5.74, 6) is 0.535. The Hall–Kier alpha value is -1.94. The molecule has 4 nitrogen and oxygen atoms in total. The van der Waals surface area contributed by atoms with Crippen LogP contribution in [-0.2, 0) is 0 Å². The number of nitrogens with zero attached hydrogens (tertiary/aromatic N) is 2. The second-order valence-corrected chi connectivity index (χ2v) is 3.45. The van der Waals surface area contributed by atoms with Crippen molar-refractivity contribution in [3.8, 4) is 0 Å². The SMILES string of the molecule is CNC(c1ccccn1)c1cccnc1N. The normalized spacial score (nSPS) is 12.3. The first-order valence-electron chi connectivity index (χ1n) is 5.11. The van der Waals surface area contributed by atoms with Crippen molar-refractivity contribution in [3.63, 3.8) is 0 Å². The fourth-order valence-corrected chi connectivity index (χ4v) is 1.68. The van der Waals surface area contributed by atoms with Gasteiger partial charge in [-0.3, -0.25) is 4.98 Å². The van der Waals surface area contributed by atoms with E-state index in [4.69, 9.17) is 5.73 Å². The zero-order valence-electron chi connectivity index (χ0n) is 9.09. The number of nitrogens with two attached hydrogens (primary N) is 1. The maximum Gasteiger partial charge on any atom is 0.128 e. The minimum atomic E-state index is -0.0186. The molecule has 1 atom stereocenters. The Morgan fingerprint density at radius 3 is 2.56 bits per heavy atom. The Morgan fingerprint density at radius 2 is 1.94 bits per heavy atom. The van der Waals surface area contributed by atoms with Crippen molar-refractivity contribution in [1.29, 1.82) is 0 Å². The molecule has 0 aliphatic heterocycles. The van der Waals surface area contributed by atoms with Gasteiger partial charge in [0, 0.05) is 18.0 Å². The van der Waals surface area contributed by atoms with Crippen LogP contribution in [0.3, 0.4) is 0 Å². The van der Waals surface area contributed by atoms with E-state index < -0.39 is 0 Å². The summed E-state index contributed by atoms with van der Waals surface area (Å²) in [6, 6.07) is 9.63. The van der Waals surface area contributed by atoms with Crippen LogP contribution in [0.2, 0.25) is 0 Å². The molecule has 0 saturated heterocycles. The quantitative estimate of drug-likeness (QED) is 0.810. The Balaban J connectivity index is 2.41. The van der Waals surface area contributed by atoms with Gasteiger partial charge < -0.3 is 11.1 Å². The Morgan fingerprint density at radius 1 is 1.12 bits per heavy atom. The average Bonchev–Trinajstić information content (AvgIpc) is 2.34. The van der Waals surface area contributed by atoms with Crippen LogP contribution in [0, 0.1) is 0 Å². The van der Waals surface area contributed by atoms with Crippen molar-refractivity contribution < 1.29 is 0 Å². The van der Waals surface area contributed by atoms with Gasteiger partial charge in [0.05, 0.1) is 11.7 Å². The fourth-order valence-electron chi connectivity index (χ4n) is 1.68. The molecule has 0 saturated carbocycles. The monoisotopic (exact) mass is 214 g/mol. The summed E-state index contributed by atoms with van der Waals surface area (Å²) in [7, 11) is 1.88. The van der Waals surface area contributed by atoms with Gasteiger partial charge in [-0.25, -0.2) is 4.98 Å². The Kier molecular flexibility index (Phi) is 3.12. The summed E-state index contributed by atoms with van der Waals surface area (Å²) in [5, 5.41) is 3.19. The highest BCUT2D eigenvalue weighted by atomic mass is 14.9. The maximum absolute atomic E-state index is 5.86. The third-order valence-corrected chi connectivity index (χ3v) is 2.45. The molecule has 0 bridgehead atoms.